The molecule has 2 aromatic rings. The third kappa shape index (κ3) is 3.48. The predicted octanol–water partition coefficient (Wildman–Crippen LogP) is 2.11. The van der Waals surface area contributed by atoms with Crippen LogP contribution in [0.3, 0.4) is 0 Å². The van der Waals surface area contributed by atoms with Crippen molar-refractivity contribution >= 4 is 23.4 Å². The van der Waals surface area contributed by atoms with Crippen LogP contribution in [0.25, 0.3) is 6.08 Å². The van der Waals surface area contributed by atoms with Crippen molar-refractivity contribution in [2.75, 3.05) is 18.0 Å². The Balaban J connectivity index is 2.03. The number of nitrogens with zero attached hydrogens (tertiary/aromatic N) is 3. The molecule has 0 saturated carbocycles. The van der Waals surface area contributed by atoms with Crippen molar-refractivity contribution in [2.24, 2.45) is 5.73 Å². The molecule has 0 bridgehead atoms. The summed E-state index contributed by atoms with van der Waals surface area (Å²) in [6, 6.07) is 9.49. The van der Waals surface area contributed by atoms with E-state index in [0.29, 0.717) is 36.6 Å². The second kappa shape index (κ2) is 7.10. The van der Waals surface area contributed by atoms with Gasteiger partial charge in [-0.25, -0.2) is 0 Å². The molecule has 2 N–H and O–H groups in total. The van der Waals surface area contributed by atoms with Crippen LogP contribution in [-0.2, 0) is 4.79 Å². The summed E-state index contributed by atoms with van der Waals surface area (Å²) in [4.78, 5) is 28.9. The first-order chi connectivity index (χ1) is 12.1. The fraction of sp³-hybridized carbons (Fsp3) is 0.176. The first-order valence-electron chi connectivity index (χ1n) is 7.71. The lowest BCUT2D eigenvalue weighted by Gasteiger charge is -2.30. The van der Waals surface area contributed by atoms with Gasteiger partial charge in [-0.05, 0) is 31.2 Å². The Kier molecular flexibility index (Phi) is 4.71. The number of hydrogen-bond acceptors (Lipinski definition) is 6. The number of anilines is 1. The van der Waals surface area contributed by atoms with Crippen LogP contribution >= 0.6 is 0 Å². The van der Waals surface area contributed by atoms with Crippen molar-refractivity contribution in [1.82, 2.24) is 4.98 Å². The van der Waals surface area contributed by atoms with Crippen LogP contribution in [0.4, 0.5) is 11.4 Å². The average Bonchev–Trinajstić information content (AvgIpc) is 2.62. The number of pyridine rings is 1. The first-order valence-corrected chi connectivity index (χ1v) is 7.71. The topological polar surface area (TPSA) is 112 Å². The summed E-state index contributed by atoms with van der Waals surface area (Å²) >= 11 is 0. The fourth-order valence-electron chi connectivity index (χ4n) is 2.48. The zero-order valence-electron chi connectivity index (χ0n) is 13.3. The molecule has 8 heteroatoms. The highest BCUT2D eigenvalue weighted by atomic mass is 16.6. The number of fused-ring (bicyclic) bond motifs is 1. The van der Waals surface area contributed by atoms with Crippen LogP contribution in [0.15, 0.2) is 48.4 Å². The largest absolute Gasteiger partial charge is 0.449 e. The van der Waals surface area contributed by atoms with E-state index in [2.05, 4.69) is 4.98 Å². The van der Waals surface area contributed by atoms with Crippen molar-refractivity contribution in [2.45, 2.75) is 6.42 Å². The molecule has 2 heterocycles. The van der Waals surface area contributed by atoms with E-state index >= 15 is 0 Å². The number of nitrogens with two attached hydrogens (primary N) is 1. The van der Waals surface area contributed by atoms with Crippen LogP contribution < -0.4 is 15.4 Å². The average molecular weight is 340 g/mol. The van der Waals surface area contributed by atoms with Crippen LogP contribution in [0, 0.1) is 10.1 Å². The normalized spacial score (nSPS) is 15.0. The quantitative estimate of drug-likeness (QED) is 0.507. The zero-order valence-corrected chi connectivity index (χ0v) is 13.3. The van der Waals surface area contributed by atoms with E-state index < -0.39 is 4.92 Å². The maximum Gasteiger partial charge on any atom is 0.294 e. The molecule has 25 heavy (non-hydrogen) atoms. The van der Waals surface area contributed by atoms with E-state index in [1.54, 1.807) is 30.5 Å². The summed E-state index contributed by atoms with van der Waals surface area (Å²) in [6.07, 6.45) is 3.72. The van der Waals surface area contributed by atoms with Crippen LogP contribution in [0.2, 0.25) is 0 Å². The van der Waals surface area contributed by atoms with Crippen molar-refractivity contribution in [3.8, 4) is 5.75 Å². The number of aromatic nitrogens is 1. The highest BCUT2D eigenvalue weighted by molar-refractivity contribution is 6.09. The number of rotatable bonds is 5. The highest BCUT2D eigenvalue weighted by Gasteiger charge is 2.31. The van der Waals surface area contributed by atoms with Gasteiger partial charge < -0.3 is 15.4 Å². The number of carbonyl (C=O) groups excluding carboxylic acids is 1. The smallest absolute Gasteiger partial charge is 0.294 e. The van der Waals surface area contributed by atoms with Gasteiger partial charge in [0.05, 0.1) is 16.3 Å². The molecule has 0 fully saturated rings. The Morgan fingerprint density at radius 2 is 2.16 bits per heavy atom. The van der Waals surface area contributed by atoms with Crippen molar-refractivity contribution in [3.05, 3.63) is 64.2 Å². The summed E-state index contributed by atoms with van der Waals surface area (Å²) in [7, 11) is 0. The van der Waals surface area contributed by atoms with Crippen molar-refractivity contribution < 1.29 is 14.5 Å². The van der Waals surface area contributed by atoms with E-state index in [-0.39, 0.29) is 17.4 Å². The van der Waals surface area contributed by atoms with Gasteiger partial charge in [0, 0.05) is 31.0 Å². The molecule has 3 rings (SSSR count). The molecular formula is C17H16N4O4. The molecular weight excluding hydrogens is 324 g/mol. The van der Waals surface area contributed by atoms with Gasteiger partial charge in [-0.3, -0.25) is 19.9 Å². The number of carbonyl (C=O) groups is 1. The number of hydrogen-bond donors (Lipinski definition) is 1. The highest BCUT2D eigenvalue weighted by Crippen LogP contribution is 2.38. The SMILES string of the molecule is NCCCN1C(=O)/C(=C\c2ccccn2)Oc2ccc([N+](=O)[O-])cc21. The molecule has 1 aliphatic heterocycles. The summed E-state index contributed by atoms with van der Waals surface area (Å²) in [5.74, 6) is 0.105. The number of amides is 1. The maximum atomic E-state index is 12.8. The third-order valence-electron chi connectivity index (χ3n) is 3.67. The second-order valence-electron chi connectivity index (χ2n) is 5.37. The Morgan fingerprint density at radius 3 is 2.84 bits per heavy atom. The minimum atomic E-state index is -0.509. The second-order valence-corrected chi connectivity index (χ2v) is 5.37. The number of nitro groups is 1. The van der Waals surface area contributed by atoms with Gasteiger partial charge in [0.2, 0.25) is 0 Å². The molecule has 1 amide bonds. The van der Waals surface area contributed by atoms with Crippen molar-refractivity contribution in [1.29, 1.82) is 0 Å². The van der Waals surface area contributed by atoms with Gasteiger partial charge in [0.1, 0.15) is 0 Å². The molecule has 0 radical (unpaired) electrons. The third-order valence-corrected chi connectivity index (χ3v) is 3.67. The standard InChI is InChI=1S/C17H16N4O4/c18-7-3-9-20-14-11-13(21(23)24)5-6-15(14)25-16(17(20)22)10-12-4-1-2-8-19-12/h1-2,4-6,8,10-11H,3,7,9,18H2/b16-10+. The molecule has 0 aliphatic carbocycles. The lowest BCUT2D eigenvalue weighted by atomic mass is 10.1. The van der Waals surface area contributed by atoms with Gasteiger partial charge in [-0.2, -0.15) is 0 Å². The van der Waals surface area contributed by atoms with Crippen LogP contribution in [-0.4, -0.2) is 28.9 Å². The Bertz CT molecular complexity index is 836. The lowest BCUT2D eigenvalue weighted by molar-refractivity contribution is -0.384. The van der Waals surface area contributed by atoms with Gasteiger partial charge in [0.25, 0.3) is 11.6 Å². The van der Waals surface area contributed by atoms with Gasteiger partial charge in [-0.15, -0.1) is 0 Å². The van der Waals surface area contributed by atoms with Crippen molar-refractivity contribution in [3.63, 3.8) is 0 Å². The number of nitro benzene ring substituents is 1. The Labute approximate surface area is 143 Å². The molecule has 0 unspecified atom stereocenters. The molecule has 0 saturated heterocycles. The number of ether oxygens (including phenoxy) is 1. The Hall–Kier alpha value is -3.26. The maximum absolute atomic E-state index is 12.8. The van der Waals surface area contributed by atoms with Gasteiger partial charge in [0.15, 0.2) is 11.5 Å². The molecule has 8 nitrogen and oxygen atoms in total. The molecule has 1 aromatic carbocycles. The van der Waals surface area contributed by atoms with Crippen LogP contribution in [0.5, 0.6) is 5.75 Å². The summed E-state index contributed by atoms with van der Waals surface area (Å²) in [6.45, 7) is 0.737. The zero-order chi connectivity index (χ0) is 17.8. The van der Waals surface area contributed by atoms with E-state index in [0.717, 1.165) is 0 Å². The summed E-state index contributed by atoms with van der Waals surface area (Å²) in [5.41, 5.74) is 6.38. The fourth-order valence-corrected chi connectivity index (χ4v) is 2.48. The summed E-state index contributed by atoms with van der Waals surface area (Å²) < 4.78 is 5.67. The molecule has 1 aromatic heterocycles. The number of benzene rings is 1. The number of non-ortho nitro benzene ring substituents is 1. The lowest BCUT2D eigenvalue weighted by Crippen LogP contribution is -2.38. The molecule has 0 atom stereocenters. The molecule has 1 aliphatic rings. The van der Waals surface area contributed by atoms with E-state index in [4.69, 9.17) is 10.5 Å². The predicted molar refractivity (Wildman–Crippen MR) is 92.0 cm³/mol. The Morgan fingerprint density at radius 1 is 1.32 bits per heavy atom. The van der Waals surface area contributed by atoms with E-state index in [9.17, 15) is 14.9 Å². The van der Waals surface area contributed by atoms with E-state index in [1.807, 2.05) is 0 Å². The first kappa shape index (κ1) is 16.6. The van der Waals surface area contributed by atoms with E-state index in [1.165, 1.54) is 23.1 Å². The molecule has 0 spiro atoms. The minimum absolute atomic E-state index is 0.106. The van der Waals surface area contributed by atoms with Crippen LogP contribution in [0.1, 0.15) is 12.1 Å². The summed E-state index contributed by atoms with van der Waals surface area (Å²) in [5, 5.41) is 11.0. The minimum Gasteiger partial charge on any atom is -0.449 e. The molecule has 128 valence electrons. The van der Waals surface area contributed by atoms with Gasteiger partial charge in [-0.1, -0.05) is 6.07 Å². The van der Waals surface area contributed by atoms with Gasteiger partial charge >= 0.3 is 0 Å². The monoisotopic (exact) mass is 340 g/mol.